The monoisotopic (exact) mass is 268 g/mol. The van der Waals surface area contributed by atoms with E-state index in [9.17, 15) is 0 Å². The van der Waals surface area contributed by atoms with E-state index in [0.717, 1.165) is 23.7 Å². The van der Waals surface area contributed by atoms with Gasteiger partial charge in [-0.2, -0.15) is 0 Å². The van der Waals surface area contributed by atoms with E-state index in [1.165, 1.54) is 25.7 Å². The second-order valence-electron chi connectivity index (χ2n) is 4.57. The molecule has 1 aromatic carbocycles. The van der Waals surface area contributed by atoms with Crippen molar-refractivity contribution in [1.82, 2.24) is 0 Å². The molecule has 0 spiro atoms. The van der Waals surface area contributed by atoms with Gasteiger partial charge in [-0.05, 0) is 30.5 Å². The predicted octanol–water partition coefficient (Wildman–Crippen LogP) is 3.58. The zero-order valence-electron chi connectivity index (χ0n) is 9.71. The lowest BCUT2D eigenvalue weighted by Crippen LogP contribution is -2.17. The van der Waals surface area contributed by atoms with Gasteiger partial charge in [-0.3, -0.25) is 0 Å². The quantitative estimate of drug-likeness (QED) is 0.802. The average Bonchev–Trinajstić information content (AvgIpc) is 2.21. The van der Waals surface area contributed by atoms with E-state index in [-0.39, 0.29) is 0 Å². The molecule has 17 heavy (non-hydrogen) atoms. The lowest BCUT2D eigenvalue weighted by molar-refractivity contribution is 0.303. The SMILES string of the molecule is NC(=S)c1ccc(Cl)cc1NCCC1CCC1. The van der Waals surface area contributed by atoms with Gasteiger partial charge < -0.3 is 11.1 Å². The first-order chi connectivity index (χ1) is 8.16. The highest BCUT2D eigenvalue weighted by atomic mass is 35.5. The van der Waals surface area contributed by atoms with Gasteiger partial charge in [0.15, 0.2) is 0 Å². The first-order valence-corrected chi connectivity index (χ1v) is 6.78. The highest BCUT2D eigenvalue weighted by molar-refractivity contribution is 7.80. The van der Waals surface area contributed by atoms with Crippen LogP contribution in [0.5, 0.6) is 0 Å². The summed E-state index contributed by atoms with van der Waals surface area (Å²) in [7, 11) is 0. The zero-order valence-corrected chi connectivity index (χ0v) is 11.3. The minimum Gasteiger partial charge on any atom is -0.389 e. The van der Waals surface area contributed by atoms with Crippen LogP contribution in [0.25, 0.3) is 0 Å². The van der Waals surface area contributed by atoms with Gasteiger partial charge in [0.1, 0.15) is 4.99 Å². The van der Waals surface area contributed by atoms with Crippen LogP contribution in [0.1, 0.15) is 31.2 Å². The Balaban J connectivity index is 1.97. The van der Waals surface area contributed by atoms with Crippen LogP contribution in [0, 0.1) is 5.92 Å². The molecule has 0 heterocycles. The second-order valence-corrected chi connectivity index (χ2v) is 5.44. The third-order valence-electron chi connectivity index (χ3n) is 3.34. The Morgan fingerprint density at radius 2 is 2.24 bits per heavy atom. The standard InChI is InChI=1S/C13H17ClN2S/c14-10-4-5-11(13(15)17)12(8-10)16-7-6-9-2-1-3-9/h4-5,8-9,16H,1-3,6-7H2,(H2,15,17). The Kier molecular flexibility index (Phi) is 4.24. The van der Waals surface area contributed by atoms with Gasteiger partial charge in [0.25, 0.3) is 0 Å². The number of nitrogens with two attached hydrogens (primary N) is 1. The van der Waals surface area contributed by atoms with Crippen LogP contribution in [0.15, 0.2) is 18.2 Å². The van der Waals surface area contributed by atoms with Crippen LogP contribution in [0.3, 0.4) is 0 Å². The molecule has 2 nitrogen and oxygen atoms in total. The second kappa shape index (κ2) is 5.69. The number of benzene rings is 1. The summed E-state index contributed by atoms with van der Waals surface area (Å²) in [6.45, 7) is 0.959. The lowest BCUT2D eigenvalue weighted by atomic mass is 9.83. The molecule has 1 saturated carbocycles. The fourth-order valence-corrected chi connectivity index (χ4v) is 2.42. The fourth-order valence-electron chi connectivity index (χ4n) is 2.07. The fraction of sp³-hybridized carbons (Fsp3) is 0.462. The largest absolute Gasteiger partial charge is 0.389 e. The maximum Gasteiger partial charge on any atom is 0.106 e. The molecule has 0 saturated heterocycles. The number of rotatable bonds is 5. The molecule has 0 unspecified atom stereocenters. The summed E-state index contributed by atoms with van der Waals surface area (Å²) in [5.74, 6) is 0.898. The summed E-state index contributed by atoms with van der Waals surface area (Å²) in [6.07, 6.45) is 5.35. The molecule has 0 bridgehead atoms. The summed E-state index contributed by atoms with van der Waals surface area (Å²) in [5.41, 5.74) is 7.50. The van der Waals surface area contributed by atoms with Gasteiger partial charge in [0.2, 0.25) is 0 Å². The minimum absolute atomic E-state index is 0.410. The van der Waals surface area contributed by atoms with E-state index >= 15 is 0 Å². The Labute approximate surface area is 113 Å². The molecule has 92 valence electrons. The number of halogens is 1. The van der Waals surface area contributed by atoms with Crippen molar-refractivity contribution in [2.24, 2.45) is 11.7 Å². The van der Waals surface area contributed by atoms with Gasteiger partial charge in [-0.25, -0.2) is 0 Å². The Morgan fingerprint density at radius 1 is 1.47 bits per heavy atom. The highest BCUT2D eigenvalue weighted by Gasteiger charge is 2.16. The minimum atomic E-state index is 0.410. The molecule has 1 aliphatic carbocycles. The third kappa shape index (κ3) is 3.33. The smallest absolute Gasteiger partial charge is 0.106 e. The van der Waals surface area contributed by atoms with Gasteiger partial charge >= 0.3 is 0 Å². The van der Waals surface area contributed by atoms with E-state index in [4.69, 9.17) is 29.6 Å². The molecular weight excluding hydrogens is 252 g/mol. The molecule has 1 fully saturated rings. The molecule has 0 aliphatic heterocycles. The molecule has 0 aromatic heterocycles. The van der Waals surface area contributed by atoms with E-state index in [1.807, 2.05) is 18.2 Å². The van der Waals surface area contributed by atoms with E-state index < -0.39 is 0 Å². The lowest BCUT2D eigenvalue weighted by Gasteiger charge is -2.25. The van der Waals surface area contributed by atoms with Gasteiger partial charge in [0.05, 0.1) is 0 Å². The van der Waals surface area contributed by atoms with Crippen molar-refractivity contribution >= 4 is 34.5 Å². The number of thiocarbonyl (C=S) groups is 1. The number of hydrogen-bond donors (Lipinski definition) is 2. The summed E-state index contributed by atoms with van der Waals surface area (Å²) in [4.78, 5) is 0.410. The van der Waals surface area contributed by atoms with E-state index in [2.05, 4.69) is 5.32 Å². The topological polar surface area (TPSA) is 38.0 Å². The molecule has 0 radical (unpaired) electrons. The van der Waals surface area contributed by atoms with Crippen molar-refractivity contribution in [1.29, 1.82) is 0 Å². The summed E-state index contributed by atoms with van der Waals surface area (Å²) < 4.78 is 0. The van der Waals surface area contributed by atoms with E-state index in [0.29, 0.717) is 10.0 Å². The number of hydrogen-bond acceptors (Lipinski definition) is 2. The Morgan fingerprint density at radius 3 is 2.82 bits per heavy atom. The van der Waals surface area contributed by atoms with Gasteiger partial charge in [-0.1, -0.05) is 43.1 Å². The molecule has 1 aromatic rings. The molecule has 0 amide bonds. The molecular formula is C13H17ClN2S. The predicted molar refractivity (Wildman–Crippen MR) is 77.8 cm³/mol. The average molecular weight is 269 g/mol. The third-order valence-corrected chi connectivity index (χ3v) is 3.79. The maximum absolute atomic E-state index is 5.98. The van der Waals surface area contributed by atoms with E-state index in [1.54, 1.807) is 0 Å². The molecule has 3 N–H and O–H groups in total. The van der Waals surface area contributed by atoms with Crippen LogP contribution in [0.4, 0.5) is 5.69 Å². The molecule has 0 atom stereocenters. The van der Waals surface area contributed by atoms with Crippen molar-refractivity contribution in [2.75, 3.05) is 11.9 Å². The van der Waals surface area contributed by atoms with Crippen LogP contribution < -0.4 is 11.1 Å². The van der Waals surface area contributed by atoms with Gasteiger partial charge in [-0.15, -0.1) is 0 Å². The van der Waals surface area contributed by atoms with Crippen molar-refractivity contribution in [2.45, 2.75) is 25.7 Å². The van der Waals surface area contributed by atoms with Crippen LogP contribution >= 0.6 is 23.8 Å². The number of anilines is 1. The highest BCUT2D eigenvalue weighted by Crippen LogP contribution is 2.29. The molecule has 2 rings (SSSR count). The van der Waals surface area contributed by atoms with Gasteiger partial charge in [0, 0.05) is 22.8 Å². The Bertz CT molecular complexity index is 416. The van der Waals surface area contributed by atoms with Crippen molar-refractivity contribution < 1.29 is 0 Å². The van der Waals surface area contributed by atoms with Crippen molar-refractivity contribution in [3.05, 3.63) is 28.8 Å². The van der Waals surface area contributed by atoms with Crippen LogP contribution in [-0.2, 0) is 0 Å². The van der Waals surface area contributed by atoms with Crippen LogP contribution in [0.2, 0.25) is 5.02 Å². The molecule has 4 heteroatoms. The van der Waals surface area contributed by atoms with Crippen molar-refractivity contribution in [3.63, 3.8) is 0 Å². The first kappa shape index (κ1) is 12.7. The summed E-state index contributed by atoms with van der Waals surface area (Å²) in [5, 5.41) is 4.09. The Hall–Kier alpha value is -0.800. The van der Waals surface area contributed by atoms with Crippen molar-refractivity contribution in [3.8, 4) is 0 Å². The maximum atomic E-state index is 5.98. The summed E-state index contributed by atoms with van der Waals surface area (Å²) >= 11 is 11.0. The first-order valence-electron chi connectivity index (χ1n) is 6.00. The normalized spacial score (nSPS) is 15.4. The summed E-state index contributed by atoms with van der Waals surface area (Å²) in [6, 6.07) is 5.57. The molecule has 1 aliphatic rings. The zero-order chi connectivity index (χ0) is 12.3. The number of nitrogens with one attached hydrogen (secondary N) is 1. The van der Waals surface area contributed by atoms with Crippen LogP contribution in [-0.4, -0.2) is 11.5 Å².